The van der Waals surface area contributed by atoms with Gasteiger partial charge in [-0.3, -0.25) is 4.79 Å². The fraction of sp³-hybridized carbons (Fsp3) is 0.500. The highest BCUT2D eigenvalue weighted by atomic mass is 16.3. The summed E-state index contributed by atoms with van der Waals surface area (Å²) in [5.41, 5.74) is 0. The molecular weight excluding hydrogens is 156 g/mol. The molecular formula is C8H12N2O2. The Labute approximate surface area is 70.9 Å². The number of aryl methyl sites for hydroxylation is 1. The van der Waals surface area contributed by atoms with Crippen LogP contribution in [0.5, 0.6) is 0 Å². The predicted molar refractivity (Wildman–Crippen MR) is 43.8 cm³/mol. The van der Waals surface area contributed by atoms with E-state index >= 15 is 0 Å². The van der Waals surface area contributed by atoms with Crippen molar-refractivity contribution in [3.63, 3.8) is 0 Å². The standard InChI is InChI=1S/C8H12N2O2/c1-6(11)5-7(12)8-9-3-4-10(8)2/h3-4,6,11H,5H2,1-2H3/t6-/m0/s1. The van der Waals surface area contributed by atoms with E-state index in [9.17, 15) is 4.79 Å². The van der Waals surface area contributed by atoms with Crippen LogP contribution in [0.25, 0.3) is 0 Å². The Hall–Kier alpha value is -1.16. The van der Waals surface area contributed by atoms with E-state index < -0.39 is 6.10 Å². The lowest BCUT2D eigenvalue weighted by atomic mass is 10.2. The second kappa shape index (κ2) is 3.49. The first-order valence-corrected chi connectivity index (χ1v) is 3.80. The zero-order valence-electron chi connectivity index (χ0n) is 7.19. The van der Waals surface area contributed by atoms with Gasteiger partial charge in [0, 0.05) is 25.9 Å². The summed E-state index contributed by atoms with van der Waals surface area (Å²) < 4.78 is 1.64. The molecule has 1 rings (SSSR count). The smallest absolute Gasteiger partial charge is 0.200 e. The average Bonchev–Trinajstić information content (AvgIpc) is 2.33. The zero-order valence-corrected chi connectivity index (χ0v) is 7.19. The Kier molecular flexibility index (Phi) is 2.60. The van der Waals surface area contributed by atoms with Gasteiger partial charge in [-0.25, -0.2) is 4.98 Å². The molecule has 0 saturated heterocycles. The van der Waals surface area contributed by atoms with Crippen molar-refractivity contribution in [3.05, 3.63) is 18.2 Å². The van der Waals surface area contributed by atoms with Crippen LogP contribution < -0.4 is 0 Å². The van der Waals surface area contributed by atoms with Gasteiger partial charge in [0.2, 0.25) is 5.78 Å². The predicted octanol–water partition coefficient (Wildman–Crippen LogP) is 0.374. The molecule has 1 N–H and O–H groups in total. The van der Waals surface area contributed by atoms with E-state index in [-0.39, 0.29) is 12.2 Å². The van der Waals surface area contributed by atoms with Gasteiger partial charge in [0.05, 0.1) is 6.10 Å². The molecule has 0 bridgehead atoms. The number of hydrogen-bond acceptors (Lipinski definition) is 3. The molecule has 12 heavy (non-hydrogen) atoms. The quantitative estimate of drug-likeness (QED) is 0.663. The second-order valence-corrected chi connectivity index (χ2v) is 2.84. The first-order valence-electron chi connectivity index (χ1n) is 3.80. The SMILES string of the molecule is C[C@H](O)CC(=O)c1nccn1C. The normalized spacial score (nSPS) is 12.9. The van der Waals surface area contributed by atoms with Crippen LogP contribution in [0.4, 0.5) is 0 Å². The highest BCUT2D eigenvalue weighted by molar-refractivity contribution is 5.93. The van der Waals surface area contributed by atoms with Crippen LogP contribution in [0.1, 0.15) is 24.0 Å². The van der Waals surface area contributed by atoms with E-state index in [0.29, 0.717) is 5.82 Å². The van der Waals surface area contributed by atoms with E-state index in [1.807, 2.05) is 0 Å². The summed E-state index contributed by atoms with van der Waals surface area (Å²) in [5, 5.41) is 8.95. The maximum absolute atomic E-state index is 11.3. The summed E-state index contributed by atoms with van der Waals surface area (Å²) in [6.07, 6.45) is 2.80. The molecule has 1 heterocycles. The Morgan fingerprint density at radius 3 is 2.92 bits per heavy atom. The summed E-state index contributed by atoms with van der Waals surface area (Å²) in [6, 6.07) is 0. The number of imidazole rings is 1. The van der Waals surface area contributed by atoms with Crippen LogP contribution in [0.2, 0.25) is 0 Å². The van der Waals surface area contributed by atoms with Crippen molar-refractivity contribution in [1.29, 1.82) is 0 Å². The van der Waals surface area contributed by atoms with E-state index in [1.54, 1.807) is 30.9 Å². The molecule has 0 aromatic carbocycles. The van der Waals surface area contributed by atoms with Crippen LogP contribution in [0, 0.1) is 0 Å². The number of aliphatic hydroxyl groups excluding tert-OH is 1. The minimum atomic E-state index is -0.603. The Bertz CT molecular complexity index is 278. The molecule has 0 fully saturated rings. The third kappa shape index (κ3) is 1.92. The topological polar surface area (TPSA) is 55.1 Å². The van der Waals surface area contributed by atoms with E-state index in [1.165, 1.54) is 0 Å². The first kappa shape index (κ1) is 8.93. The highest BCUT2D eigenvalue weighted by Gasteiger charge is 2.12. The Balaban J connectivity index is 2.72. The van der Waals surface area contributed by atoms with Crippen molar-refractivity contribution in [2.75, 3.05) is 0 Å². The first-order chi connectivity index (χ1) is 5.61. The van der Waals surface area contributed by atoms with Gasteiger partial charge >= 0.3 is 0 Å². The van der Waals surface area contributed by atoms with Gasteiger partial charge in [0.1, 0.15) is 0 Å². The third-order valence-electron chi connectivity index (χ3n) is 1.55. The molecule has 1 atom stereocenters. The third-order valence-corrected chi connectivity index (χ3v) is 1.55. The number of hydrogen-bond donors (Lipinski definition) is 1. The summed E-state index contributed by atoms with van der Waals surface area (Å²) in [5.74, 6) is 0.272. The molecule has 66 valence electrons. The van der Waals surface area contributed by atoms with Gasteiger partial charge < -0.3 is 9.67 Å². The monoisotopic (exact) mass is 168 g/mol. The maximum Gasteiger partial charge on any atom is 0.200 e. The Morgan fingerprint density at radius 1 is 1.83 bits per heavy atom. The largest absolute Gasteiger partial charge is 0.393 e. The lowest BCUT2D eigenvalue weighted by molar-refractivity contribution is 0.0888. The number of aliphatic hydroxyl groups is 1. The lowest BCUT2D eigenvalue weighted by Gasteiger charge is -2.02. The average molecular weight is 168 g/mol. The van der Waals surface area contributed by atoms with Crippen LogP contribution in [-0.4, -0.2) is 26.5 Å². The van der Waals surface area contributed by atoms with E-state index in [2.05, 4.69) is 4.98 Å². The fourth-order valence-corrected chi connectivity index (χ4v) is 0.994. The van der Waals surface area contributed by atoms with Gasteiger partial charge in [-0.15, -0.1) is 0 Å². The van der Waals surface area contributed by atoms with Crippen LogP contribution in [0.3, 0.4) is 0 Å². The highest BCUT2D eigenvalue weighted by Crippen LogP contribution is 2.01. The molecule has 1 aromatic heterocycles. The van der Waals surface area contributed by atoms with Crippen molar-refractivity contribution in [2.45, 2.75) is 19.4 Å². The van der Waals surface area contributed by atoms with Gasteiger partial charge in [-0.1, -0.05) is 0 Å². The minimum Gasteiger partial charge on any atom is -0.393 e. The zero-order chi connectivity index (χ0) is 9.14. The molecule has 4 heteroatoms. The molecule has 0 aliphatic heterocycles. The number of nitrogens with zero attached hydrogens (tertiary/aromatic N) is 2. The fourth-order valence-electron chi connectivity index (χ4n) is 0.994. The maximum atomic E-state index is 11.3. The summed E-state index contributed by atoms with van der Waals surface area (Å²) in [4.78, 5) is 15.2. The molecule has 1 aromatic rings. The molecule has 0 spiro atoms. The molecule has 0 amide bonds. The lowest BCUT2D eigenvalue weighted by Crippen LogP contribution is -2.13. The van der Waals surface area contributed by atoms with Crippen LogP contribution in [-0.2, 0) is 7.05 Å². The van der Waals surface area contributed by atoms with Crippen molar-refractivity contribution in [2.24, 2.45) is 7.05 Å². The van der Waals surface area contributed by atoms with Crippen LogP contribution in [0.15, 0.2) is 12.4 Å². The van der Waals surface area contributed by atoms with Gasteiger partial charge in [0.15, 0.2) is 5.82 Å². The molecule has 0 radical (unpaired) electrons. The van der Waals surface area contributed by atoms with Crippen molar-refractivity contribution in [3.8, 4) is 0 Å². The van der Waals surface area contributed by atoms with E-state index in [0.717, 1.165) is 0 Å². The number of aromatic nitrogens is 2. The number of ketones is 1. The summed E-state index contributed by atoms with van der Waals surface area (Å²) >= 11 is 0. The molecule has 0 aliphatic carbocycles. The number of Topliss-reactive ketones (excluding diaryl/α,β-unsaturated/α-hetero) is 1. The molecule has 0 aliphatic rings. The van der Waals surface area contributed by atoms with Crippen LogP contribution >= 0.6 is 0 Å². The second-order valence-electron chi connectivity index (χ2n) is 2.84. The Morgan fingerprint density at radius 2 is 2.50 bits per heavy atom. The number of rotatable bonds is 3. The molecule has 0 unspecified atom stereocenters. The van der Waals surface area contributed by atoms with E-state index in [4.69, 9.17) is 5.11 Å². The van der Waals surface area contributed by atoms with Crippen molar-refractivity contribution >= 4 is 5.78 Å². The van der Waals surface area contributed by atoms with Gasteiger partial charge in [-0.05, 0) is 6.92 Å². The summed E-state index contributed by atoms with van der Waals surface area (Å²) in [6.45, 7) is 1.58. The number of carbonyl (C=O) groups is 1. The summed E-state index contributed by atoms with van der Waals surface area (Å²) in [7, 11) is 1.75. The van der Waals surface area contributed by atoms with Gasteiger partial charge in [-0.2, -0.15) is 0 Å². The molecule has 4 nitrogen and oxygen atoms in total. The van der Waals surface area contributed by atoms with Crippen molar-refractivity contribution in [1.82, 2.24) is 9.55 Å². The minimum absolute atomic E-state index is 0.127. The number of carbonyl (C=O) groups excluding carboxylic acids is 1. The van der Waals surface area contributed by atoms with Crippen molar-refractivity contribution < 1.29 is 9.90 Å². The van der Waals surface area contributed by atoms with Gasteiger partial charge in [0.25, 0.3) is 0 Å². The molecule has 0 saturated carbocycles.